The number of hydrogen-bond acceptors (Lipinski definition) is 4. The van der Waals surface area contributed by atoms with Crippen LogP contribution >= 0.6 is 0 Å². The molecule has 1 amide bonds. The molecule has 1 fully saturated rings. The minimum Gasteiger partial charge on any atom is -0.443 e. The standard InChI is InChI=1S/C14H24N2O3/c1-10-7-8-16(13(18)19-14(2,3)4)11(12(10)17)9-15(5)6/h9-10H,7-8H2,1-6H3/b11-9+. The maximum Gasteiger partial charge on any atom is 0.414 e. The first-order valence-corrected chi connectivity index (χ1v) is 6.55. The molecule has 0 aromatic heterocycles. The van der Waals surface area contributed by atoms with Gasteiger partial charge in [0.15, 0.2) is 5.78 Å². The number of piperidine rings is 1. The van der Waals surface area contributed by atoms with E-state index in [1.807, 2.05) is 41.8 Å². The summed E-state index contributed by atoms with van der Waals surface area (Å²) in [6.07, 6.45) is 1.89. The van der Waals surface area contributed by atoms with Crippen LogP contribution in [0, 0.1) is 5.92 Å². The lowest BCUT2D eigenvalue weighted by molar-refractivity contribution is -0.122. The van der Waals surface area contributed by atoms with Gasteiger partial charge in [-0.1, -0.05) is 6.92 Å². The van der Waals surface area contributed by atoms with Crippen molar-refractivity contribution in [2.75, 3.05) is 20.6 Å². The van der Waals surface area contributed by atoms with Crippen LogP contribution in [0.25, 0.3) is 0 Å². The third-order valence-corrected chi connectivity index (χ3v) is 2.77. The lowest BCUT2D eigenvalue weighted by Gasteiger charge is -2.33. The molecule has 1 rings (SSSR count). The Kier molecular flexibility index (Phi) is 4.61. The fourth-order valence-corrected chi connectivity index (χ4v) is 1.84. The summed E-state index contributed by atoms with van der Waals surface area (Å²) < 4.78 is 5.35. The second-order valence-electron chi connectivity index (χ2n) is 6.16. The van der Waals surface area contributed by atoms with E-state index in [4.69, 9.17) is 4.74 Å². The van der Waals surface area contributed by atoms with Crippen LogP contribution in [0.5, 0.6) is 0 Å². The Morgan fingerprint density at radius 3 is 2.47 bits per heavy atom. The number of ketones is 1. The fraction of sp³-hybridized carbons (Fsp3) is 0.714. The molecule has 0 N–H and O–H groups in total. The van der Waals surface area contributed by atoms with Gasteiger partial charge in [-0.25, -0.2) is 4.79 Å². The van der Waals surface area contributed by atoms with Crippen molar-refractivity contribution in [1.29, 1.82) is 0 Å². The van der Waals surface area contributed by atoms with Crippen LogP contribution < -0.4 is 0 Å². The van der Waals surface area contributed by atoms with E-state index in [1.165, 1.54) is 4.90 Å². The van der Waals surface area contributed by atoms with Crippen molar-refractivity contribution in [2.45, 2.75) is 39.7 Å². The molecule has 19 heavy (non-hydrogen) atoms. The van der Waals surface area contributed by atoms with Gasteiger partial charge in [-0.05, 0) is 27.2 Å². The predicted molar refractivity (Wildman–Crippen MR) is 73.5 cm³/mol. The molecule has 108 valence electrons. The van der Waals surface area contributed by atoms with Crippen LogP contribution in [0.2, 0.25) is 0 Å². The number of Topliss-reactive ketones (excluding diaryl/α,β-unsaturated/α-hetero) is 1. The second kappa shape index (κ2) is 5.63. The van der Waals surface area contributed by atoms with Crippen molar-refractivity contribution in [3.8, 4) is 0 Å². The van der Waals surface area contributed by atoms with Gasteiger partial charge < -0.3 is 9.64 Å². The molecule has 1 heterocycles. The van der Waals surface area contributed by atoms with Crippen LogP contribution in [0.1, 0.15) is 34.1 Å². The molecule has 0 saturated carbocycles. The van der Waals surface area contributed by atoms with Crippen LogP contribution in [-0.2, 0) is 9.53 Å². The zero-order chi connectivity index (χ0) is 14.8. The van der Waals surface area contributed by atoms with E-state index in [2.05, 4.69) is 0 Å². The smallest absolute Gasteiger partial charge is 0.414 e. The summed E-state index contributed by atoms with van der Waals surface area (Å²) in [4.78, 5) is 27.6. The third-order valence-electron chi connectivity index (χ3n) is 2.77. The van der Waals surface area contributed by atoms with E-state index in [1.54, 1.807) is 11.1 Å². The number of rotatable bonds is 1. The van der Waals surface area contributed by atoms with Crippen molar-refractivity contribution >= 4 is 11.9 Å². The number of allylic oxidation sites excluding steroid dienone is 1. The summed E-state index contributed by atoms with van der Waals surface area (Å²) in [5.41, 5.74) is -0.148. The van der Waals surface area contributed by atoms with Gasteiger partial charge in [-0.2, -0.15) is 0 Å². The lowest BCUT2D eigenvalue weighted by Crippen LogP contribution is -2.44. The highest BCUT2D eigenvalue weighted by molar-refractivity contribution is 6.00. The van der Waals surface area contributed by atoms with E-state index in [-0.39, 0.29) is 11.7 Å². The molecule has 0 radical (unpaired) electrons. The maximum absolute atomic E-state index is 12.2. The Hall–Kier alpha value is -1.52. The molecule has 0 bridgehead atoms. The van der Waals surface area contributed by atoms with Gasteiger partial charge in [-0.3, -0.25) is 9.69 Å². The van der Waals surface area contributed by atoms with Crippen LogP contribution in [0.4, 0.5) is 4.79 Å². The molecule has 0 aromatic carbocycles. The number of nitrogens with zero attached hydrogens (tertiary/aromatic N) is 2. The zero-order valence-electron chi connectivity index (χ0n) is 12.7. The number of carbonyl (C=O) groups excluding carboxylic acids is 2. The van der Waals surface area contributed by atoms with Gasteiger partial charge in [-0.15, -0.1) is 0 Å². The molecule has 0 spiro atoms. The van der Waals surface area contributed by atoms with Gasteiger partial charge >= 0.3 is 6.09 Å². The second-order valence-corrected chi connectivity index (χ2v) is 6.16. The largest absolute Gasteiger partial charge is 0.443 e. The molecule has 5 nitrogen and oxygen atoms in total. The SMILES string of the molecule is CC1CCN(C(=O)OC(C)(C)C)/C(=C/N(C)C)C1=O. The number of hydrogen-bond donors (Lipinski definition) is 0. The molecule has 1 atom stereocenters. The predicted octanol–water partition coefficient (Wildman–Crippen LogP) is 2.24. The minimum absolute atomic E-state index is 0.00851. The Morgan fingerprint density at radius 2 is 2.00 bits per heavy atom. The normalized spacial score (nSPS) is 22.6. The molecule has 0 aromatic rings. The first-order chi connectivity index (χ1) is 8.61. The highest BCUT2D eigenvalue weighted by atomic mass is 16.6. The van der Waals surface area contributed by atoms with Gasteiger partial charge in [0.05, 0.1) is 0 Å². The molecule has 1 aliphatic rings. The summed E-state index contributed by atoms with van der Waals surface area (Å²) in [5.74, 6) is -0.0595. The Balaban J connectivity index is 2.97. The Bertz CT molecular complexity index is 394. The zero-order valence-corrected chi connectivity index (χ0v) is 12.7. The number of ether oxygens (including phenoxy) is 1. The topological polar surface area (TPSA) is 49.9 Å². The average Bonchev–Trinajstić information content (AvgIpc) is 2.21. The molecule has 1 saturated heterocycles. The molecule has 5 heteroatoms. The molecular formula is C14H24N2O3. The van der Waals surface area contributed by atoms with Crippen molar-refractivity contribution in [1.82, 2.24) is 9.80 Å². The van der Waals surface area contributed by atoms with E-state index in [9.17, 15) is 9.59 Å². The summed E-state index contributed by atoms with van der Waals surface area (Å²) in [6.45, 7) is 7.84. The summed E-state index contributed by atoms with van der Waals surface area (Å²) in [5, 5.41) is 0. The van der Waals surface area contributed by atoms with Crippen LogP contribution in [0.3, 0.4) is 0 Å². The van der Waals surface area contributed by atoms with E-state index < -0.39 is 11.7 Å². The van der Waals surface area contributed by atoms with Crippen LogP contribution in [-0.4, -0.2) is 47.9 Å². The first kappa shape index (κ1) is 15.5. The first-order valence-electron chi connectivity index (χ1n) is 6.55. The summed E-state index contributed by atoms with van der Waals surface area (Å²) in [7, 11) is 3.65. The average molecular weight is 268 g/mol. The van der Waals surface area contributed by atoms with E-state index in [0.717, 1.165) is 0 Å². The van der Waals surface area contributed by atoms with Crippen molar-refractivity contribution in [3.05, 3.63) is 11.9 Å². The van der Waals surface area contributed by atoms with E-state index >= 15 is 0 Å². The highest BCUT2D eigenvalue weighted by Gasteiger charge is 2.34. The monoisotopic (exact) mass is 268 g/mol. The van der Waals surface area contributed by atoms with E-state index in [0.29, 0.717) is 18.7 Å². The fourth-order valence-electron chi connectivity index (χ4n) is 1.84. The van der Waals surface area contributed by atoms with Crippen molar-refractivity contribution in [3.63, 3.8) is 0 Å². The summed E-state index contributed by atoms with van der Waals surface area (Å²) >= 11 is 0. The highest BCUT2D eigenvalue weighted by Crippen LogP contribution is 2.24. The number of likely N-dealkylation sites (tertiary alicyclic amines) is 1. The van der Waals surface area contributed by atoms with Gasteiger partial charge in [0.2, 0.25) is 0 Å². The van der Waals surface area contributed by atoms with Gasteiger partial charge in [0.1, 0.15) is 11.3 Å². The van der Waals surface area contributed by atoms with Crippen molar-refractivity contribution < 1.29 is 14.3 Å². The summed E-state index contributed by atoms with van der Waals surface area (Å²) in [6, 6.07) is 0. The lowest BCUT2D eigenvalue weighted by atomic mass is 9.95. The maximum atomic E-state index is 12.2. The number of carbonyl (C=O) groups is 2. The third kappa shape index (κ3) is 4.26. The van der Waals surface area contributed by atoms with Gasteiger partial charge in [0.25, 0.3) is 0 Å². The molecule has 1 unspecified atom stereocenters. The van der Waals surface area contributed by atoms with Crippen molar-refractivity contribution in [2.24, 2.45) is 5.92 Å². The molecule has 1 aliphatic heterocycles. The molecule has 0 aliphatic carbocycles. The Labute approximate surface area is 115 Å². The molecular weight excluding hydrogens is 244 g/mol. The quantitative estimate of drug-likeness (QED) is 0.684. The number of amides is 1. The Morgan fingerprint density at radius 1 is 1.42 bits per heavy atom. The van der Waals surface area contributed by atoms with Crippen LogP contribution in [0.15, 0.2) is 11.9 Å². The van der Waals surface area contributed by atoms with Gasteiger partial charge in [0, 0.05) is 32.8 Å². The minimum atomic E-state index is -0.563.